The Hall–Kier alpha value is -0.900. The van der Waals surface area contributed by atoms with Crippen molar-refractivity contribution in [1.29, 1.82) is 0 Å². The minimum absolute atomic E-state index is 0.134. The molecule has 2 rings (SSSR count). The molecule has 0 aromatic rings. The molecule has 2 unspecified atom stereocenters. The van der Waals surface area contributed by atoms with Gasteiger partial charge >= 0.3 is 5.97 Å². The number of carbonyl (C=O) groups excluding carboxylic acids is 1. The lowest BCUT2D eigenvalue weighted by Gasteiger charge is -2.22. The van der Waals surface area contributed by atoms with Crippen LogP contribution in [-0.4, -0.2) is 24.8 Å². The molecule has 2 heterocycles. The van der Waals surface area contributed by atoms with Crippen LogP contribution in [0.3, 0.4) is 0 Å². The van der Waals surface area contributed by atoms with Crippen LogP contribution >= 0.6 is 0 Å². The third-order valence-electron chi connectivity index (χ3n) is 2.75. The van der Waals surface area contributed by atoms with E-state index in [2.05, 4.69) is 15.3 Å². The van der Waals surface area contributed by atoms with Crippen molar-refractivity contribution in [3.63, 3.8) is 0 Å². The summed E-state index contributed by atoms with van der Waals surface area (Å²) >= 11 is 0. The van der Waals surface area contributed by atoms with Gasteiger partial charge < -0.3 is 10.2 Å². The molecule has 72 valence electrons. The number of oxime groups is 1. The Morgan fingerprint density at radius 2 is 2.46 bits per heavy atom. The molecule has 0 aromatic heterocycles. The Morgan fingerprint density at radius 1 is 1.62 bits per heavy atom. The van der Waals surface area contributed by atoms with Crippen LogP contribution in [0.2, 0.25) is 0 Å². The van der Waals surface area contributed by atoms with Crippen molar-refractivity contribution in [2.24, 2.45) is 17.0 Å². The fourth-order valence-corrected chi connectivity index (χ4v) is 1.91. The fourth-order valence-electron chi connectivity index (χ4n) is 1.91. The summed E-state index contributed by atoms with van der Waals surface area (Å²) in [5, 5.41) is 7.15. The molecule has 2 aliphatic heterocycles. The zero-order chi connectivity index (χ0) is 9.26. The van der Waals surface area contributed by atoms with E-state index >= 15 is 0 Å². The van der Waals surface area contributed by atoms with Gasteiger partial charge in [-0.15, -0.1) is 0 Å². The standard InChI is InChI=1S/C9H14N2O2/c1-6-8(11-13-9(6)12)7-3-2-4-10-5-7/h6-7,10H,2-5H2,1H3. The number of hydrogen-bond acceptors (Lipinski definition) is 4. The zero-order valence-corrected chi connectivity index (χ0v) is 7.75. The first kappa shape index (κ1) is 8.69. The largest absolute Gasteiger partial charge is 0.343 e. The normalized spacial score (nSPS) is 34.2. The van der Waals surface area contributed by atoms with Gasteiger partial charge in [-0.1, -0.05) is 5.16 Å². The third kappa shape index (κ3) is 1.58. The van der Waals surface area contributed by atoms with Crippen molar-refractivity contribution >= 4 is 11.7 Å². The highest BCUT2D eigenvalue weighted by atomic mass is 16.7. The van der Waals surface area contributed by atoms with E-state index in [0.717, 1.165) is 31.6 Å². The summed E-state index contributed by atoms with van der Waals surface area (Å²) in [5.74, 6) is 0.0562. The Bertz CT molecular complexity index is 244. The first-order valence-electron chi connectivity index (χ1n) is 4.78. The lowest BCUT2D eigenvalue weighted by Crippen LogP contribution is -2.36. The molecule has 0 aromatic carbocycles. The van der Waals surface area contributed by atoms with Crippen LogP contribution in [0.4, 0.5) is 0 Å². The van der Waals surface area contributed by atoms with Gasteiger partial charge in [0.25, 0.3) is 0 Å². The summed E-state index contributed by atoms with van der Waals surface area (Å²) in [5.41, 5.74) is 0.928. The minimum Gasteiger partial charge on any atom is -0.318 e. The maximum atomic E-state index is 11.1. The molecule has 13 heavy (non-hydrogen) atoms. The highest BCUT2D eigenvalue weighted by Gasteiger charge is 2.34. The van der Waals surface area contributed by atoms with Crippen molar-refractivity contribution in [2.45, 2.75) is 19.8 Å². The van der Waals surface area contributed by atoms with E-state index in [4.69, 9.17) is 0 Å². The molecule has 0 aliphatic carbocycles. The smallest absolute Gasteiger partial charge is 0.318 e. The summed E-state index contributed by atoms with van der Waals surface area (Å²) in [6.45, 7) is 3.87. The van der Waals surface area contributed by atoms with Gasteiger partial charge in [-0.25, -0.2) is 4.79 Å². The minimum atomic E-state index is -0.208. The second-order valence-corrected chi connectivity index (χ2v) is 3.69. The van der Waals surface area contributed by atoms with E-state index in [1.807, 2.05) is 6.92 Å². The van der Waals surface area contributed by atoms with Gasteiger partial charge in [-0.3, -0.25) is 0 Å². The topological polar surface area (TPSA) is 50.7 Å². The molecule has 0 saturated carbocycles. The van der Waals surface area contributed by atoms with Crippen molar-refractivity contribution in [3.8, 4) is 0 Å². The first-order valence-corrected chi connectivity index (χ1v) is 4.78. The lowest BCUT2D eigenvalue weighted by molar-refractivity contribution is -0.142. The first-order chi connectivity index (χ1) is 6.29. The molecule has 0 spiro atoms. The highest BCUT2D eigenvalue weighted by molar-refractivity contribution is 6.05. The maximum Gasteiger partial charge on any atom is 0.343 e. The van der Waals surface area contributed by atoms with Crippen molar-refractivity contribution in [2.75, 3.05) is 13.1 Å². The van der Waals surface area contributed by atoms with E-state index in [1.165, 1.54) is 0 Å². The Labute approximate surface area is 77.3 Å². The second kappa shape index (κ2) is 3.46. The monoisotopic (exact) mass is 182 g/mol. The molecule has 2 atom stereocenters. The van der Waals surface area contributed by atoms with E-state index in [0.29, 0.717) is 5.92 Å². The quantitative estimate of drug-likeness (QED) is 0.602. The number of piperidine rings is 1. The van der Waals surface area contributed by atoms with E-state index in [-0.39, 0.29) is 11.9 Å². The van der Waals surface area contributed by atoms with Gasteiger partial charge in [0.15, 0.2) is 0 Å². The van der Waals surface area contributed by atoms with Crippen LogP contribution in [0, 0.1) is 11.8 Å². The molecule has 2 aliphatic rings. The van der Waals surface area contributed by atoms with Crippen LogP contribution in [0.5, 0.6) is 0 Å². The van der Waals surface area contributed by atoms with Crippen LogP contribution in [-0.2, 0) is 9.63 Å². The van der Waals surface area contributed by atoms with Gasteiger partial charge in [0.1, 0.15) is 0 Å². The summed E-state index contributed by atoms with van der Waals surface area (Å²) in [6.07, 6.45) is 2.28. The van der Waals surface area contributed by atoms with Crippen LogP contribution in [0.15, 0.2) is 5.16 Å². The third-order valence-corrected chi connectivity index (χ3v) is 2.75. The van der Waals surface area contributed by atoms with Crippen LogP contribution < -0.4 is 5.32 Å². The number of nitrogens with zero attached hydrogens (tertiary/aromatic N) is 1. The molecule has 1 N–H and O–H groups in total. The van der Waals surface area contributed by atoms with Crippen molar-refractivity contribution < 1.29 is 9.63 Å². The van der Waals surface area contributed by atoms with Gasteiger partial charge in [0.2, 0.25) is 0 Å². The molecule has 1 fully saturated rings. The average molecular weight is 182 g/mol. The summed E-state index contributed by atoms with van der Waals surface area (Å²) in [7, 11) is 0. The molecule has 0 amide bonds. The zero-order valence-electron chi connectivity index (χ0n) is 7.75. The van der Waals surface area contributed by atoms with Gasteiger partial charge in [-0.05, 0) is 26.3 Å². The average Bonchev–Trinajstić information content (AvgIpc) is 2.49. The van der Waals surface area contributed by atoms with E-state index in [9.17, 15) is 4.79 Å². The molecule has 0 bridgehead atoms. The Balaban J connectivity index is 2.03. The summed E-state index contributed by atoms with van der Waals surface area (Å²) in [6, 6.07) is 0. The highest BCUT2D eigenvalue weighted by Crippen LogP contribution is 2.22. The fraction of sp³-hybridized carbons (Fsp3) is 0.778. The molecule has 1 saturated heterocycles. The Morgan fingerprint density at radius 3 is 3.00 bits per heavy atom. The number of carbonyl (C=O) groups is 1. The number of hydrogen-bond donors (Lipinski definition) is 1. The number of rotatable bonds is 1. The molecule has 4 heteroatoms. The molecular formula is C9H14N2O2. The van der Waals surface area contributed by atoms with Crippen LogP contribution in [0.25, 0.3) is 0 Å². The predicted molar refractivity (Wildman–Crippen MR) is 48.3 cm³/mol. The molecule has 4 nitrogen and oxygen atoms in total. The van der Waals surface area contributed by atoms with Gasteiger partial charge in [0.05, 0.1) is 11.6 Å². The van der Waals surface area contributed by atoms with Gasteiger partial charge in [-0.2, -0.15) is 0 Å². The van der Waals surface area contributed by atoms with Gasteiger partial charge in [0, 0.05) is 12.5 Å². The summed E-state index contributed by atoms with van der Waals surface area (Å²) in [4.78, 5) is 15.7. The predicted octanol–water partition coefficient (Wildman–Crippen LogP) is 0.535. The van der Waals surface area contributed by atoms with Crippen LogP contribution in [0.1, 0.15) is 19.8 Å². The van der Waals surface area contributed by atoms with E-state index in [1.54, 1.807) is 0 Å². The van der Waals surface area contributed by atoms with Crippen molar-refractivity contribution in [3.05, 3.63) is 0 Å². The van der Waals surface area contributed by atoms with Crippen molar-refractivity contribution in [1.82, 2.24) is 5.32 Å². The summed E-state index contributed by atoms with van der Waals surface area (Å²) < 4.78 is 0. The maximum absolute atomic E-state index is 11.1. The van der Waals surface area contributed by atoms with E-state index < -0.39 is 0 Å². The second-order valence-electron chi connectivity index (χ2n) is 3.69. The Kier molecular flexibility index (Phi) is 2.31. The SMILES string of the molecule is CC1C(=O)ON=C1C1CCCNC1. The molecule has 0 radical (unpaired) electrons. The molecular weight excluding hydrogens is 168 g/mol. The number of nitrogens with one attached hydrogen (secondary N) is 1. The lowest BCUT2D eigenvalue weighted by atomic mass is 9.88.